The fraction of sp³-hybridized carbons (Fsp3) is 0.364. The summed E-state index contributed by atoms with van der Waals surface area (Å²) in [5.41, 5.74) is -0.162. The number of H-pyrrole nitrogens is 1. The van der Waals surface area contributed by atoms with Crippen LogP contribution < -0.4 is 4.74 Å². The van der Waals surface area contributed by atoms with Gasteiger partial charge in [-0.15, -0.1) is 5.10 Å². The lowest BCUT2D eigenvalue weighted by Gasteiger charge is -2.16. The summed E-state index contributed by atoms with van der Waals surface area (Å²) in [6, 6.07) is 0. The van der Waals surface area contributed by atoms with E-state index in [2.05, 4.69) is 15.3 Å². The number of aromatic amines is 1. The lowest BCUT2D eigenvalue weighted by atomic mass is 10.3. The van der Waals surface area contributed by atoms with Gasteiger partial charge in [0, 0.05) is 14.1 Å². The van der Waals surface area contributed by atoms with Gasteiger partial charge < -0.3 is 9.64 Å². The van der Waals surface area contributed by atoms with Gasteiger partial charge in [0.1, 0.15) is 0 Å². The summed E-state index contributed by atoms with van der Waals surface area (Å²) >= 11 is 5.98. The number of carbonyl (C=O) groups excluding carboxylic acids is 1. The van der Waals surface area contributed by atoms with Gasteiger partial charge in [-0.2, -0.15) is 5.10 Å². The van der Waals surface area contributed by atoms with Crippen LogP contribution in [-0.4, -0.2) is 49.9 Å². The average Bonchev–Trinajstić information content (AvgIpc) is 3.04. The Morgan fingerprint density at radius 2 is 2.32 bits per heavy atom. The summed E-state index contributed by atoms with van der Waals surface area (Å²) < 4.78 is 6.29. The van der Waals surface area contributed by atoms with Gasteiger partial charge in [-0.25, -0.2) is 0 Å². The summed E-state index contributed by atoms with van der Waals surface area (Å²) in [6.07, 6.45) is 1.46. The van der Waals surface area contributed by atoms with Gasteiger partial charge in [0.15, 0.2) is 0 Å². The zero-order valence-corrected chi connectivity index (χ0v) is 12.8. The van der Waals surface area contributed by atoms with E-state index in [1.54, 1.807) is 7.05 Å². The fourth-order valence-electron chi connectivity index (χ4n) is 1.88. The third-order valence-electron chi connectivity index (χ3n) is 3.04. The van der Waals surface area contributed by atoms with Crippen LogP contribution in [0, 0.1) is 10.1 Å². The van der Waals surface area contributed by atoms with Crippen molar-refractivity contribution < 1.29 is 14.5 Å². The monoisotopic (exact) mass is 328 g/mol. The van der Waals surface area contributed by atoms with Crippen LogP contribution in [0.5, 0.6) is 5.88 Å². The lowest BCUT2D eigenvalue weighted by molar-refractivity contribution is -0.386. The van der Waals surface area contributed by atoms with E-state index < -0.39 is 16.5 Å². The molecule has 0 aliphatic heterocycles. The predicted octanol–water partition coefficient (Wildman–Crippen LogP) is 0.986. The quantitative estimate of drug-likeness (QED) is 0.645. The van der Waals surface area contributed by atoms with Crippen LogP contribution in [0.25, 0.3) is 0 Å². The number of methoxy groups -OCH3 is 1. The van der Waals surface area contributed by atoms with Crippen molar-refractivity contribution in [2.24, 2.45) is 7.05 Å². The highest BCUT2D eigenvalue weighted by Crippen LogP contribution is 2.28. The molecule has 0 aliphatic rings. The molecule has 0 aliphatic carbocycles. The minimum atomic E-state index is -0.722. The number of ether oxygens (including phenoxy) is 1. The fourth-order valence-corrected chi connectivity index (χ4v) is 2.11. The topological polar surface area (TPSA) is 119 Å². The molecule has 2 aromatic heterocycles. The van der Waals surface area contributed by atoms with Crippen LogP contribution in [-0.2, 0) is 13.6 Å². The Bertz CT molecular complexity index is 705. The molecule has 0 spiro atoms. The maximum Gasteiger partial charge on any atom is 0.362 e. The van der Waals surface area contributed by atoms with Gasteiger partial charge in [-0.1, -0.05) is 11.6 Å². The molecular weight excluding hydrogens is 316 g/mol. The molecule has 2 rings (SSSR count). The molecule has 2 aromatic rings. The molecule has 10 nitrogen and oxygen atoms in total. The van der Waals surface area contributed by atoms with Crippen molar-refractivity contribution in [1.82, 2.24) is 24.9 Å². The summed E-state index contributed by atoms with van der Waals surface area (Å²) in [5, 5.41) is 21.4. The summed E-state index contributed by atoms with van der Waals surface area (Å²) in [7, 11) is 4.40. The van der Waals surface area contributed by atoms with Gasteiger partial charge in [-0.05, 0) is 0 Å². The number of halogens is 1. The molecule has 0 radical (unpaired) electrons. The molecule has 0 saturated carbocycles. The van der Waals surface area contributed by atoms with E-state index in [1.807, 2.05) is 0 Å². The van der Waals surface area contributed by atoms with Crippen molar-refractivity contribution >= 4 is 23.2 Å². The second-order valence-corrected chi connectivity index (χ2v) is 4.84. The first kappa shape index (κ1) is 15.8. The number of hydrogen-bond acceptors (Lipinski definition) is 6. The highest BCUT2D eigenvalue weighted by molar-refractivity contribution is 6.31. The summed E-state index contributed by atoms with van der Waals surface area (Å²) in [5.74, 6) is -0.861. The SMILES string of the molecule is COc1n[nH]c(C(=O)N(C)Cc2c(Cl)cnn2C)c1[N+](=O)[O-]. The van der Waals surface area contributed by atoms with Gasteiger partial charge in [0.2, 0.25) is 5.69 Å². The minimum Gasteiger partial charge on any atom is -0.475 e. The van der Waals surface area contributed by atoms with Gasteiger partial charge in [-0.3, -0.25) is 24.7 Å². The van der Waals surface area contributed by atoms with E-state index in [4.69, 9.17) is 16.3 Å². The number of rotatable bonds is 5. The van der Waals surface area contributed by atoms with Crippen molar-refractivity contribution in [3.8, 4) is 5.88 Å². The van der Waals surface area contributed by atoms with E-state index >= 15 is 0 Å². The molecule has 0 aromatic carbocycles. The minimum absolute atomic E-state index is 0.132. The Hall–Kier alpha value is -2.62. The maximum absolute atomic E-state index is 12.4. The van der Waals surface area contributed by atoms with Crippen LogP contribution in [0.15, 0.2) is 6.20 Å². The first-order valence-electron chi connectivity index (χ1n) is 6.05. The number of nitrogens with zero attached hydrogens (tertiary/aromatic N) is 5. The Labute approximate surface area is 129 Å². The van der Waals surface area contributed by atoms with Crippen LogP contribution in [0.4, 0.5) is 5.69 Å². The maximum atomic E-state index is 12.4. The molecule has 0 unspecified atom stereocenters. The van der Waals surface area contributed by atoms with E-state index in [1.165, 1.54) is 29.9 Å². The van der Waals surface area contributed by atoms with Crippen molar-refractivity contribution in [2.45, 2.75) is 6.54 Å². The molecule has 1 N–H and O–H groups in total. The van der Waals surface area contributed by atoms with E-state index in [0.29, 0.717) is 10.7 Å². The van der Waals surface area contributed by atoms with Crippen molar-refractivity contribution in [1.29, 1.82) is 0 Å². The first-order chi connectivity index (χ1) is 10.4. The smallest absolute Gasteiger partial charge is 0.362 e. The lowest BCUT2D eigenvalue weighted by Crippen LogP contribution is -2.28. The molecule has 0 fully saturated rings. The molecule has 2 heterocycles. The largest absolute Gasteiger partial charge is 0.475 e. The number of nitro groups is 1. The molecule has 118 valence electrons. The number of hydrogen-bond donors (Lipinski definition) is 1. The Morgan fingerprint density at radius 3 is 2.82 bits per heavy atom. The van der Waals surface area contributed by atoms with Gasteiger partial charge >= 0.3 is 11.6 Å². The van der Waals surface area contributed by atoms with E-state index in [-0.39, 0.29) is 18.1 Å². The molecule has 0 bridgehead atoms. The van der Waals surface area contributed by atoms with Crippen LogP contribution in [0.3, 0.4) is 0 Å². The van der Waals surface area contributed by atoms with Gasteiger partial charge in [0.05, 0.1) is 35.5 Å². The van der Waals surface area contributed by atoms with Gasteiger partial charge in [0.25, 0.3) is 5.91 Å². The standard InChI is InChI=1S/C11H13ClN6O4/c1-16(5-7-6(12)4-13-17(7)2)11(19)8-9(18(20)21)10(22-3)15-14-8/h4H,5H2,1-3H3,(H,14,15). The zero-order valence-electron chi connectivity index (χ0n) is 12.0. The van der Waals surface area contributed by atoms with Crippen LogP contribution in [0.1, 0.15) is 16.2 Å². The molecule has 0 atom stereocenters. The second kappa shape index (κ2) is 6.02. The first-order valence-corrected chi connectivity index (χ1v) is 6.43. The average molecular weight is 329 g/mol. The number of carbonyl (C=O) groups is 1. The number of amides is 1. The molecule has 22 heavy (non-hydrogen) atoms. The number of aromatic nitrogens is 4. The Morgan fingerprint density at radius 1 is 1.64 bits per heavy atom. The zero-order chi connectivity index (χ0) is 16.4. The molecule has 1 amide bonds. The Balaban J connectivity index is 2.28. The van der Waals surface area contributed by atoms with E-state index in [9.17, 15) is 14.9 Å². The van der Waals surface area contributed by atoms with E-state index in [0.717, 1.165) is 0 Å². The number of aryl methyl sites for hydroxylation is 1. The highest BCUT2D eigenvalue weighted by atomic mass is 35.5. The van der Waals surface area contributed by atoms with Crippen molar-refractivity contribution in [2.75, 3.05) is 14.2 Å². The molecular formula is C11H13ClN6O4. The van der Waals surface area contributed by atoms with Crippen molar-refractivity contribution in [3.05, 3.63) is 32.7 Å². The number of nitrogens with one attached hydrogen (secondary N) is 1. The molecule has 0 saturated heterocycles. The van der Waals surface area contributed by atoms with Crippen LogP contribution >= 0.6 is 11.6 Å². The third-order valence-corrected chi connectivity index (χ3v) is 3.36. The summed E-state index contributed by atoms with van der Waals surface area (Å²) in [4.78, 5) is 24.0. The molecule has 11 heteroatoms. The Kier molecular flexibility index (Phi) is 4.31. The second-order valence-electron chi connectivity index (χ2n) is 4.44. The third kappa shape index (κ3) is 2.72. The normalized spacial score (nSPS) is 10.5. The summed E-state index contributed by atoms with van der Waals surface area (Å²) in [6.45, 7) is 0.132. The van der Waals surface area contributed by atoms with Crippen LogP contribution in [0.2, 0.25) is 5.02 Å². The highest BCUT2D eigenvalue weighted by Gasteiger charge is 2.32. The van der Waals surface area contributed by atoms with Crippen molar-refractivity contribution in [3.63, 3.8) is 0 Å². The predicted molar refractivity (Wildman–Crippen MR) is 75.8 cm³/mol.